The Morgan fingerprint density at radius 1 is 1.47 bits per heavy atom. The van der Waals surface area contributed by atoms with Gasteiger partial charge in [-0.2, -0.15) is 0 Å². The second-order valence-corrected chi connectivity index (χ2v) is 5.30. The molecule has 1 heterocycles. The highest BCUT2D eigenvalue weighted by Gasteiger charge is 2.17. The lowest BCUT2D eigenvalue weighted by atomic mass is 9.88. The first-order chi connectivity index (χ1) is 7.94. The van der Waals surface area contributed by atoms with Crippen LogP contribution in [0.3, 0.4) is 0 Å². The van der Waals surface area contributed by atoms with Gasteiger partial charge in [0.2, 0.25) is 0 Å². The highest BCUT2D eigenvalue weighted by atomic mass is 16.2. The molecule has 0 unspecified atom stereocenters. The number of aliphatic hydroxyl groups excluding tert-OH is 1. The predicted molar refractivity (Wildman–Crippen MR) is 72.0 cm³/mol. The van der Waals surface area contributed by atoms with Crippen LogP contribution in [0, 0.1) is 12.3 Å². The molecule has 1 aromatic rings. The minimum Gasteiger partial charge on any atom is -0.396 e. The van der Waals surface area contributed by atoms with Crippen LogP contribution in [0.1, 0.15) is 32.3 Å². The number of nitrogens with one attached hydrogen (secondary N) is 1. The fraction of sp³-hybridized carbons (Fsp3) is 0.615. The molecular formula is C13H23N3O. The van der Waals surface area contributed by atoms with Crippen molar-refractivity contribution in [2.75, 3.05) is 24.2 Å². The van der Waals surface area contributed by atoms with Crippen molar-refractivity contribution in [1.29, 1.82) is 0 Å². The van der Waals surface area contributed by atoms with Gasteiger partial charge in [0.05, 0.1) is 5.69 Å². The standard InChI is InChI=1S/C13H23N3O/c1-10-7-11(14)12(15-8-10)16-9-13(2,3)5-4-6-17/h7-8,17H,4-6,9,14H2,1-3H3,(H,15,16). The minimum absolute atomic E-state index is 0.127. The van der Waals surface area contributed by atoms with Gasteiger partial charge in [-0.25, -0.2) is 4.98 Å². The Morgan fingerprint density at radius 3 is 2.76 bits per heavy atom. The van der Waals surface area contributed by atoms with Gasteiger partial charge in [-0.05, 0) is 36.8 Å². The Balaban J connectivity index is 2.54. The molecule has 0 radical (unpaired) electrons. The normalized spacial score (nSPS) is 11.5. The average molecular weight is 237 g/mol. The first-order valence-corrected chi connectivity index (χ1v) is 6.01. The lowest BCUT2D eigenvalue weighted by molar-refractivity contribution is 0.248. The predicted octanol–water partition coefficient (Wildman–Crippen LogP) is 2.18. The molecule has 0 aliphatic heterocycles. The van der Waals surface area contributed by atoms with Crippen molar-refractivity contribution in [3.63, 3.8) is 0 Å². The molecule has 4 heteroatoms. The molecule has 0 atom stereocenters. The van der Waals surface area contributed by atoms with Gasteiger partial charge in [-0.15, -0.1) is 0 Å². The van der Waals surface area contributed by atoms with Crippen LogP contribution in [-0.2, 0) is 0 Å². The number of nitrogen functional groups attached to an aromatic ring is 1. The maximum atomic E-state index is 8.84. The van der Waals surface area contributed by atoms with Gasteiger partial charge in [-0.3, -0.25) is 0 Å². The van der Waals surface area contributed by atoms with Gasteiger partial charge >= 0.3 is 0 Å². The quantitative estimate of drug-likeness (QED) is 0.709. The van der Waals surface area contributed by atoms with Crippen LogP contribution in [0.15, 0.2) is 12.3 Å². The van der Waals surface area contributed by atoms with Crippen molar-refractivity contribution >= 4 is 11.5 Å². The summed E-state index contributed by atoms with van der Waals surface area (Å²) in [6, 6.07) is 1.91. The number of hydrogen-bond donors (Lipinski definition) is 3. The fourth-order valence-electron chi connectivity index (χ4n) is 1.71. The van der Waals surface area contributed by atoms with E-state index < -0.39 is 0 Å². The van der Waals surface area contributed by atoms with E-state index in [4.69, 9.17) is 10.8 Å². The Labute approximate surface area is 103 Å². The molecule has 96 valence electrons. The molecule has 4 nitrogen and oxygen atoms in total. The van der Waals surface area contributed by atoms with Crippen LogP contribution in [0.2, 0.25) is 0 Å². The number of nitrogens with two attached hydrogens (primary N) is 1. The lowest BCUT2D eigenvalue weighted by Crippen LogP contribution is -2.24. The molecule has 0 bridgehead atoms. The number of pyridine rings is 1. The summed E-state index contributed by atoms with van der Waals surface area (Å²) in [4.78, 5) is 4.28. The Hall–Kier alpha value is -1.29. The molecule has 17 heavy (non-hydrogen) atoms. The van der Waals surface area contributed by atoms with E-state index in [1.165, 1.54) is 0 Å². The van der Waals surface area contributed by atoms with Crippen LogP contribution in [0.4, 0.5) is 11.5 Å². The highest BCUT2D eigenvalue weighted by molar-refractivity contribution is 5.61. The Morgan fingerprint density at radius 2 is 2.18 bits per heavy atom. The van der Waals surface area contributed by atoms with Crippen molar-refractivity contribution in [2.24, 2.45) is 5.41 Å². The fourth-order valence-corrected chi connectivity index (χ4v) is 1.71. The number of aryl methyl sites for hydroxylation is 1. The average Bonchev–Trinajstić information content (AvgIpc) is 2.25. The van der Waals surface area contributed by atoms with Crippen molar-refractivity contribution in [3.05, 3.63) is 17.8 Å². The summed E-state index contributed by atoms with van der Waals surface area (Å²) in [6.07, 6.45) is 3.60. The van der Waals surface area contributed by atoms with Crippen LogP contribution < -0.4 is 11.1 Å². The second-order valence-electron chi connectivity index (χ2n) is 5.30. The number of anilines is 2. The third-order valence-electron chi connectivity index (χ3n) is 2.80. The number of aliphatic hydroxyl groups is 1. The Bertz CT molecular complexity index is 364. The zero-order chi connectivity index (χ0) is 12.9. The topological polar surface area (TPSA) is 71.2 Å². The molecule has 0 aliphatic carbocycles. The van der Waals surface area contributed by atoms with E-state index in [0.29, 0.717) is 5.69 Å². The van der Waals surface area contributed by atoms with Gasteiger partial charge in [0.15, 0.2) is 0 Å². The molecule has 1 aromatic heterocycles. The van der Waals surface area contributed by atoms with E-state index in [1.54, 1.807) is 6.20 Å². The first kappa shape index (κ1) is 13.8. The monoisotopic (exact) mass is 237 g/mol. The first-order valence-electron chi connectivity index (χ1n) is 6.01. The molecular weight excluding hydrogens is 214 g/mol. The summed E-state index contributed by atoms with van der Waals surface area (Å²) < 4.78 is 0. The van der Waals surface area contributed by atoms with E-state index in [1.807, 2.05) is 13.0 Å². The molecule has 0 aliphatic rings. The van der Waals surface area contributed by atoms with E-state index in [-0.39, 0.29) is 12.0 Å². The van der Waals surface area contributed by atoms with E-state index in [2.05, 4.69) is 24.1 Å². The second kappa shape index (κ2) is 5.87. The highest BCUT2D eigenvalue weighted by Crippen LogP contribution is 2.24. The number of rotatable bonds is 6. The van der Waals surface area contributed by atoms with Gasteiger partial charge in [0.1, 0.15) is 5.82 Å². The molecule has 0 saturated heterocycles. The third-order valence-corrected chi connectivity index (χ3v) is 2.80. The van der Waals surface area contributed by atoms with Gasteiger partial charge in [0.25, 0.3) is 0 Å². The summed E-state index contributed by atoms with van der Waals surface area (Å²) >= 11 is 0. The molecule has 1 rings (SSSR count). The van der Waals surface area contributed by atoms with Crippen molar-refractivity contribution in [2.45, 2.75) is 33.6 Å². The lowest BCUT2D eigenvalue weighted by Gasteiger charge is -2.25. The summed E-state index contributed by atoms with van der Waals surface area (Å²) in [5, 5.41) is 12.1. The molecule has 0 aromatic carbocycles. The zero-order valence-electron chi connectivity index (χ0n) is 11.0. The largest absolute Gasteiger partial charge is 0.396 e. The summed E-state index contributed by atoms with van der Waals surface area (Å²) in [5.41, 5.74) is 7.76. The van der Waals surface area contributed by atoms with Crippen molar-refractivity contribution < 1.29 is 5.11 Å². The van der Waals surface area contributed by atoms with Crippen molar-refractivity contribution in [1.82, 2.24) is 4.98 Å². The summed E-state index contributed by atoms with van der Waals surface area (Å²) in [5.74, 6) is 0.743. The summed E-state index contributed by atoms with van der Waals surface area (Å²) in [6.45, 7) is 7.35. The van der Waals surface area contributed by atoms with Crippen LogP contribution >= 0.6 is 0 Å². The van der Waals surface area contributed by atoms with Gasteiger partial charge < -0.3 is 16.2 Å². The maximum Gasteiger partial charge on any atom is 0.149 e. The SMILES string of the molecule is Cc1cnc(NCC(C)(C)CCCO)c(N)c1. The smallest absolute Gasteiger partial charge is 0.149 e. The van der Waals surface area contributed by atoms with Crippen LogP contribution in [0.25, 0.3) is 0 Å². The molecule has 0 amide bonds. The summed E-state index contributed by atoms with van der Waals surface area (Å²) in [7, 11) is 0. The van der Waals surface area contributed by atoms with E-state index in [9.17, 15) is 0 Å². The number of aromatic nitrogens is 1. The maximum absolute atomic E-state index is 8.84. The van der Waals surface area contributed by atoms with Crippen molar-refractivity contribution in [3.8, 4) is 0 Å². The zero-order valence-corrected chi connectivity index (χ0v) is 11.0. The van der Waals surface area contributed by atoms with Gasteiger partial charge in [0, 0.05) is 19.3 Å². The molecule has 0 saturated carbocycles. The van der Waals surface area contributed by atoms with Crippen LogP contribution in [-0.4, -0.2) is 23.2 Å². The van der Waals surface area contributed by atoms with E-state index in [0.717, 1.165) is 30.8 Å². The third kappa shape index (κ3) is 4.61. The van der Waals surface area contributed by atoms with Crippen LogP contribution in [0.5, 0.6) is 0 Å². The van der Waals surface area contributed by atoms with E-state index >= 15 is 0 Å². The molecule has 0 fully saturated rings. The number of nitrogens with zero attached hydrogens (tertiary/aromatic N) is 1. The number of hydrogen-bond acceptors (Lipinski definition) is 4. The minimum atomic E-state index is 0.127. The van der Waals surface area contributed by atoms with Gasteiger partial charge in [-0.1, -0.05) is 13.8 Å². The molecule has 0 spiro atoms. The molecule has 4 N–H and O–H groups in total. The Kier molecular flexibility index (Phi) is 4.75.